The highest BCUT2D eigenvalue weighted by Crippen LogP contribution is 2.38. The maximum atomic E-state index is 5.82. The third kappa shape index (κ3) is 2.96. The van der Waals surface area contributed by atoms with E-state index in [0.29, 0.717) is 21.6 Å². The van der Waals surface area contributed by atoms with E-state index < -0.39 is 0 Å². The number of anilines is 1. The molecule has 0 unspecified atom stereocenters. The number of para-hydroxylation sites is 1. The van der Waals surface area contributed by atoms with Gasteiger partial charge in [0.2, 0.25) is 0 Å². The van der Waals surface area contributed by atoms with E-state index in [0.717, 1.165) is 11.3 Å². The zero-order chi connectivity index (χ0) is 15.4. The zero-order valence-electron chi connectivity index (χ0n) is 11.9. The Kier molecular flexibility index (Phi) is 4.11. The van der Waals surface area contributed by atoms with Crippen molar-refractivity contribution < 1.29 is 4.74 Å². The third-order valence-electron chi connectivity index (χ3n) is 3.01. The molecule has 3 aromatic rings. The molecule has 0 atom stereocenters. The number of rotatable bonds is 4. The fourth-order valence-electron chi connectivity index (χ4n) is 1.99. The number of benzene rings is 2. The summed E-state index contributed by atoms with van der Waals surface area (Å²) in [5.74, 6) is 0.671. The standard InChI is InChI=1S/C16H14N4OS/c1-21-13-10-6-5-9-12(13)19-20-15-14(18-16(17)22-15)11-7-3-2-4-8-11/h2-10H,1H3,(H2,17,18). The Morgan fingerprint density at radius 3 is 2.50 bits per heavy atom. The molecule has 0 aliphatic rings. The van der Waals surface area contributed by atoms with Crippen LogP contribution in [0.25, 0.3) is 11.3 Å². The highest BCUT2D eigenvalue weighted by molar-refractivity contribution is 7.19. The van der Waals surface area contributed by atoms with Gasteiger partial charge in [-0.3, -0.25) is 0 Å². The summed E-state index contributed by atoms with van der Waals surface area (Å²) in [5.41, 5.74) is 8.19. The second-order valence-electron chi connectivity index (χ2n) is 4.44. The monoisotopic (exact) mass is 310 g/mol. The molecule has 0 aliphatic heterocycles. The van der Waals surface area contributed by atoms with E-state index in [1.165, 1.54) is 11.3 Å². The predicted octanol–water partition coefficient (Wildman–Crippen LogP) is 4.82. The molecule has 2 N–H and O–H groups in total. The normalized spacial score (nSPS) is 11.0. The molecule has 0 saturated carbocycles. The summed E-state index contributed by atoms with van der Waals surface area (Å²) < 4.78 is 5.26. The molecular weight excluding hydrogens is 296 g/mol. The van der Waals surface area contributed by atoms with E-state index >= 15 is 0 Å². The number of methoxy groups -OCH3 is 1. The van der Waals surface area contributed by atoms with Gasteiger partial charge in [0.15, 0.2) is 10.1 Å². The van der Waals surface area contributed by atoms with Crippen molar-refractivity contribution in [1.29, 1.82) is 0 Å². The molecule has 0 amide bonds. The largest absolute Gasteiger partial charge is 0.494 e. The van der Waals surface area contributed by atoms with Gasteiger partial charge in [-0.25, -0.2) is 4.98 Å². The van der Waals surface area contributed by atoms with Gasteiger partial charge in [0, 0.05) is 5.56 Å². The number of thiazole rings is 1. The molecule has 0 saturated heterocycles. The molecule has 0 aliphatic carbocycles. The molecule has 22 heavy (non-hydrogen) atoms. The molecule has 2 aromatic carbocycles. The van der Waals surface area contributed by atoms with Gasteiger partial charge in [-0.1, -0.05) is 53.8 Å². The first-order valence-electron chi connectivity index (χ1n) is 6.64. The van der Waals surface area contributed by atoms with Gasteiger partial charge in [0.05, 0.1) is 7.11 Å². The van der Waals surface area contributed by atoms with E-state index in [1.807, 2.05) is 54.6 Å². The lowest BCUT2D eigenvalue weighted by molar-refractivity contribution is 0.416. The maximum Gasteiger partial charge on any atom is 0.182 e. The van der Waals surface area contributed by atoms with Crippen molar-refractivity contribution in [3.63, 3.8) is 0 Å². The second-order valence-corrected chi connectivity index (χ2v) is 5.45. The van der Waals surface area contributed by atoms with Crippen molar-refractivity contribution in [3.8, 4) is 17.0 Å². The summed E-state index contributed by atoms with van der Waals surface area (Å²) >= 11 is 1.31. The summed E-state index contributed by atoms with van der Waals surface area (Å²) in [4.78, 5) is 4.35. The Balaban J connectivity index is 1.98. The Labute approximate surface area is 132 Å². The topological polar surface area (TPSA) is 72.9 Å². The van der Waals surface area contributed by atoms with Crippen molar-refractivity contribution in [1.82, 2.24) is 4.98 Å². The van der Waals surface area contributed by atoms with Gasteiger partial charge < -0.3 is 10.5 Å². The van der Waals surface area contributed by atoms with Crippen molar-refractivity contribution in [2.75, 3.05) is 12.8 Å². The lowest BCUT2D eigenvalue weighted by Gasteiger charge is -2.01. The fraction of sp³-hybridized carbons (Fsp3) is 0.0625. The van der Waals surface area contributed by atoms with Gasteiger partial charge in [-0.2, -0.15) is 0 Å². The molecule has 0 fully saturated rings. The maximum absolute atomic E-state index is 5.82. The number of ether oxygens (including phenoxy) is 1. The van der Waals surface area contributed by atoms with Gasteiger partial charge in [-0.05, 0) is 12.1 Å². The van der Waals surface area contributed by atoms with E-state index in [-0.39, 0.29) is 0 Å². The number of hydrogen-bond donors (Lipinski definition) is 1. The van der Waals surface area contributed by atoms with Crippen molar-refractivity contribution in [2.45, 2.75) is 0 Å². The lowest BCUT2D eigenvalue weighted by Crippen LogP contribution is -1.82. The SMILES string of the molecule is COc1ccccc1N=Nc1sc(N)nc1-c1ccccc1. The number of nitrogens with zero attached hydrogens (tertiary/aromatic N) is 3. The molecule has 1 aromatic heterocycles. The van der Waals surface area contributed by atoms with Crippen LogP contribution >= 0.6 is 11.3 Å². The van der Waals surface area contributed by atoms with Crippen LogP contribution in [0.15, 0.2) is 64.8 Å². The second kappa shape index (κ2) is 6.36. The van der Waals surface area contributed by atoms with Crippen LogP contribution in [-0.4, -0.2) is 12.1 Å². The quantitative estimate of drug-likeness (QED) is 0.702. The van der Waals surface area contributed by atoms with Crippen molar-refractivity contribution >= 4 is 27.2 Å². The summed E-state index contributed by atoms with van der Waals surface area (Å²) in [6.45, 7) is 0. The Hall–Kier alpha value is -2.73. The summed E-state index contributed by atoms with van der Waals surface area (Å²) in [5, 5.41) is 9.71. The van der Waals surface area contributed by atoms with Gasteiger partial charge in [0.25, 0.3) is 0 Å². The minimum Gasteiger partial charge on any atom is -0.494 e. The molecule has 1 heterocycles. The minimum absolute atomic E-state index is 0.466. The zero-order valence-corrected chi connectivity index (χ0v) is 12.7. The van der Waals surface area contributed by atoms with Crippen molar-refractivity contribution in [2.24, 2.45) is 10.2 Å². The van der Waals surface area contributed by atoms with Gasteiger partial charge in [0.1, 0.15) is 17.1 Å². The lowest BCUT2D eigenvalue weighted by atomic mass is 10.2. The number of aromatic nitrogens is 1. The van der Waals surface area contributed by atoms with Crippen LogP contribution in [0.1, 0.15) is 0 Å². The summed E-state index contributed by atoms with van der Waals surface area (Å²) in [7, 11) is 1.61. The molecule has 110 valence electrons. The van der Waals surface area contributed by atoms with E-state index in [1.54, 1.807) is 7.11 Å². The average molecular weight is 310 g/mol. The van der Waals surface area contributed by atoms with E-state index in [9.17, 15) is 0 Å². The molecule has 6 heteroatoms. The van der Waals surface area contributed by atoms with Crippen LogP contribution in [0.3, 0.4) is 0 Å². The smallest absolute Gasteiger partial charge is 0.182 e. The number of hydrogen-bond acceptors (Lipinski definition) is 6. The van der Waals surface area contributed by atoms with Crippen molar-refractivity contribution in [3.05, 3.63) is 54.6 Å². The summed E-state index contributed by atoms with van der Waals surface area (Å²) in [6.07, 6.45) is 0. The molecular formula is C16H14N4OS. The van der Waals surface area contributed by atoms with Gasteiger partial charge >= 0.3 is 0 Å². The third-order valence-corrected chi connectivity index (χ3v) is 3.78. The Morgan fingerprint density at radius 1 is 1.00 bits per heavy atom. The molecule has 5 nitrogen and oxygen atoms in total. The highest BCUT2D eigenvalue weighted by Gasteiger charge is 2.11. The average Bonchev–Trinajstić information content (AvgIpc) is 2.95. The number of azo groups is 1. The highest BCUT2D eigenvalue weighted by atomic mass is 32.1. The first-order valence-corrected chi connectivity index (χ1v) is 7.46. The molecule has 0 radical (unpaired) electrons. The van der Waals surface area contributed by atoms with Crippen LogP contribution < -0.4 is 10.5 Å². The van der Waals surface area contributed by atoms with Crippen LogP contribution in [-0.2, 0) is 0 Å². The van der Waals surface area contributed by atoms with Crippen LogP contribution in [0.4, 0.5) is 15.8 Å². The molecule has 3 rings (SSSR count). The van der Waals surface area contributed by atoms with E-state index in [4.69, 9.17) is 10.5 Å². The minimum atomic E-state index is 0.466. The summed E-state index contributed by atoms with van der Waals surface area (Å²) in [6, 6.07) is 17.2. The fourth-order valence-corrected chi connectivity index (χ4v) is 2.67. The van der Waals surface area contributed by atoms with Gasteiger partial charge in [-0.15, -0.1) is 10.2 Å². The van der Waals surface area contributed by atoms with Crippen LogP contribution in [0, 0.1) is 0 Å². The predicted molar refractivity (Wildman–Crippen MR) is 89.1 cm³/mol. The number of nitrogen functional groups attached to an aromatic ring is 1. The Morgan fingerprint density at radius 2 is 1.73 bits per heavy atom. The Bertz CT molecular complexity index is 799. The van der Waals surface area contributed by atoms with E-state index in [2.05, 4.69) is 15.2 Å². The first-order chi connectivity index (χ1) is 10.8. The number of nitrogens with two attached hydrogens (primary N) is 1. The molecule has 0 bridgehead atoms. The van der Waals surface area contributed by atoms with Crippen LogP contribution in [0.5, 0.6) is 5.75 Å². The van der Waals surface area contributed by atoms with Crippen LogP contribution in [0.2, 0.25) is 0 Å². The molecule has 0 spiro atoms. The first kappa shape index (κ1) is 14.2.